The predicted molar refractivity (Wildman–Crippen MR) is 37.0 cm³/mol. The normalized spacial score (nSPS) is 22.5. The average molecular weight is 158 g/mol. The average Bonchev–Trinajstić information content (AvgIpc) is 2.37. The summed E-state index contributed by atoms with van der Waals surface area (Å²) in [6.07, 6.45) is 1.29. The molecule has 0 aromatic rings. The van der Waals surface area contributed by atoms with Gasteiger partial charge in [-0.3, -0.25) is 0 Å². The Morgan fingerprint density at radius 2 is 2.64 bits per heavy atom. The molecule has 1 rings (SSSR count). The van der Waals surface area contributed by atoms with Gasteiger partial charge < -0.3 is 14.2 Å². The standard InChI is InChI=1S/C7H10O4/c1-2-3-4-9-6-5-10-7(8)11-6/h2,6H,1,3-5H2. The van der Waals surface area contributed by atoms with Gasteiger partial charge in [-0.05, 0) is 6.42 Å². The summed E-state index contributed by atoms with van der Waals surface area (Å²) in [5.74, 6) is 0. The number of cyclic esters (lactones) is 2. The van der Waals surface area contributed by atoms with Crippen molar-refractivity contribution in [3.8, 4) is 0 Å². The summed E-state index contributed by atoms with van der Waals surface area (Å²) in [4.78, 5) is 10.3. The van der Waals surface area contributed by atoms with Crippen LogP contribution in [0.4, 0.5) is 4.79 Å². The largest absolute Gasteiger partial charge is 0.510 e. The molecular weight excluding hydrogens is 148 g/mol. The molecule has 1 unspecified atom stereocenters. The first-order valence-corrected chi connectivity index (χ1v) is 3.39. The van der Waals surface area contributed by atoms with Gasteiger partial charge in [0.05, 0.1) is 6.61 Å². The van der Waals surface area contributed by atoms with Crippen molar-refractivity contribution in [2.75, 3.05) is 13.2 Å². The Kier molecular flexibility index (Phi) is 2.92. The number of rotatable bonds is 4. The fourth-order valence-corrected chi connectivity index (χ4v) is 0.676. The number of ether oxygens (including phenoxy) is 3. The van der Waals surface area contributed by atoms with Crippen LogP contribution in [0.3, 0.4) is 0 Å². The quantitative estimate of drug-likeness (QED) is 0.349. The van der Waals surface area contributed by atoms with Crippen LogP contribution in [-0.2, 0) is 14.2 Å². The Bertz CT molecular complexity index is 155. The van der Waals surface area contributed by atoms with Crippen LogP contribution in [-0.4, -0.2) is 25.7 Å². The highest BCUT2D eigenvalue weighted by molar-refractivity contribution is 5.61. The summed E-state index contributed by atoms with van der Waals surface area (Å²) in [6, 6.07) is 0. The molecule has 0 radical (unpaired) electrons. The molecule has 0 N–H and O–H groups in total. The van der Waals surface area contributed by atoms with Crippen molar-refractivity contribution in [3.63, 3.8) is 0 Å². The maximum Gasteiger partial charge on any atom is 0.510 e. The van der Waals surface area contributed by atoms with Crippen molar-refractivity contribution < 1.29 is 19.0 Å². The Hall–Kier alpha value is -1.03. The first-order chi connectivity index (χ1) is 5.33. The minimum absolute atomic E-state index is 0.190. The molecule has 0 aliphatic carbocycles. The maximum atomic E-state index is 10.3. The van der Waals surface area contributed by atoms with E-state index in [9.17, 15) is 4.79 Å². The second kappa shape index (κ2) is 3.98. The van der Waals surface area contributed by atoms with E-state index in [0.717, 1.165) is 6.42 Å². The molecule has 62 valence electrons. The summed E-state index contributed by atoms with van der Waals surface area (Å²) in [5, 5.41) is 0. The number of carbonyl (C=O) groups is 1. The number of hydrogen-bond acceptors (Lipinski definition) is 4. The highest BCUT2D eigenvalue weighted by Gasteiger charge is 2.24. The van der Waals surface area contributed by atoms with E-state index in [-0.39, 0.29) is 6.61 Å². The molecule has 0 aromatic heterocycles. The molecule has 1 aliphatic heterocycles. The molecule has 11 heavy (non-hydrogen) atoms. The van der Waals surface area contributed by atoms with Gasteiger partial charge in [-0.15, -0.1) is 6.58 Å². The summed E-state index contributed by atoms with van der Waals surface area (Å²) < 4.78 is 14.1. The highest BCUT2D eigenvalue weighted by Crippen LogP contribution is 2.07. The predicted octanol–water partition coefficient (Wildman–Crippen LogP) is 1.07. The van der Waals surface area contributed by atoms with Crippen LogP contribution in [0.25, 0.3) is 0 Å². The van der Waals surface area contributed by atoms with E-state index < -0.39 is 12.4 Å². The minimum Gasteiger partial charge on any atom is -0.428 e. The lowest BCUT2D eigenvalue weighted by Gasteiger charge is -2.05. The van der Waals surface area contributed by atoms with Gasteiger partial charge in [0.15, 0.2) is 6.61 Å². The molecule has 0 amide bonds. The Balaban J connectivity index is 2.08. The second-order valence-corrected chi connectivity index (χ2v) is 2.06. The van der Waals surface area contributed by atoms with E-state index in [4.69, 9.17) is 4.74 Å². The number of carbonyl (C=O) groups excluding carboxylic acids is 1. The SMILES string of the molecule is C=CCCOC1COC(=O)O1. The Labute approximate surface area is 64.7 Å². The molecule has 1 fully saturated rings. The van der Waals surface area contributed by atoms with Crippen molar-refractivity contribution >= 4 is 6.16 Å². The zero-order chi connectivity index (χ0) is 8.10. The summed E-state index contributed by atoms with van der Waals surface area (Å²) in [5.41, 5.74) is 0. The lowest BCUT2D eigenvalue weighted by atomic mass is 10.4. The van der Waals surface area contributed by atoms with Gasteiger partial charge in [-0.1, -0.05) is 6.08 Å². The van der Waals surface area contributed by atoms with Crippen LogP contribution in [0.5, 0.6) is 0 Å². The van der Waals surface area contributed by atoms with E-state index in [1.54, 1.807) is 6.08 Å². The van der Waals surface area contributed by atoms with Crippen LogP contribution in [0.1, 0.15) is 6.42 Å². The van der Waals surface area contributed by atoms with Gasteiger partial charge in [0.1, 0.15) is 0 Å². The van der Waals surface area contributed by atoms with Crippen molar-refractivity contribution in [3.05, 3.63) is 12.7 Å². The van der Waals surface area contributed by atoms with Crippen LogP contribution in [0.2, 0.25) is 0 Å². The lowest BCUT2D eigenvalue weighted by Crippen LogP contribution is -2.15. The minimum atomic E-state index is -0.659. The third-order valence-electron chi connectivity index (χ3n) is 1.19. The zero-order valence-electron chi connectivity index (χ0n) is 6.12. The Morgan fingerprint density at radius 1 is 1.82 bits per heavy atom. The molecule has 1 aliphatic rings. The van der Waals surface area contributed by atoms with Crippen molar-refractivity contribution in [2.24, 2.45) is 0 Å². The smallest absolute Gasteiger partial charge is 0.428 e. The van der Waals surface area contributed by atoms with E-state index in [2.05, 4.69) is 16.1 Å². The van der Waals surface area contributed by atoms with Gasteiger partial charge in [0, 0.05) is 0 Å². The third kappa shape index (κ3) is 2.59. The molecule has 4 nitrogen and oxygen atoms in total. The van der Waals surface area contributed by atoms with Gasteiger partial charge in [0.2, 0.25) is 6.29 Å². The van der Waals surface area contributed by atoms with Crippen LogP contribution in [0, 0.1) is 0 Å². The van der Waals surface area contributed by atoms with Crippen molar-refractivity contribution in [1.82, 2.24) is 0 Å². The topological polar surface area (TPSA) is 44.8 Å². The van der Waals surface area contributed by atoms with Crippen LogP contribution < -0.4 is 0 Å². The molecule has 0 aromatic carbocycles. The fraction of sp³-hybridized carbons (Fsp3) is 0.571. The lowest BCUT2D eigenvalue weighted by molar-refractivity contribution is -0.0754. The molecule has 0 spiro atoms. The highest BCUT2D eigenvalue weighted by atomic mass is 16.8. The van der Waals surface area contributed by atoms with E-state index in [1.165, 1.54) is 0 Å². The molecular formula is C7H10O4. The van der Waals surface area contributed by atoms with Gasteiger partial charge >= 0.3 is 6.16 Å². The Morgan fingerprint density at radius 3 is 3.18 bits per heavy atom. The molecule has 0 bridgehead atoms. The maximum absolute atomic E-state index is 10.3. The molecule has 4 heteroatoms. The first-order valence-electron chi connectivity index (χ1n) is 3.39. The third-order valence-corrected chi connectivity index (χ3v) is 1.19. The number of hydrogen-bond donors (Lipinski definition) is 0. The van der Waals surface area contributed by atoms with Crippen LogP contribution in [0.15, 0.2) is 12.7 Å². The first kappa shape index (κ1) is 8.07. The monoisotopic (exact) mass is 158 g/mol. The van der Waals surface area contributed by atoms with Gasteiger partial charge in [0.25, 0.3) is 0 Å². The summed E-state index contributed by atoms with van der Waals surface area (Å²) in [6.45, 7) is 4.22. The summed E-state index contributed by atoms with van der Waals surface area (Å²) in [7, 11) is 0. The van der Waals surface area contributed by atoms with E-state index >= 15 is 0 Å². The van der Waals surface area contributed by atoms with Crippen molar-refractivity contribution in [2.45, 2.75) is 12.7 Å². The van der Waals surface area contributed by atoms with E-state index in [1.807, 2.05) is 0 Å². The summed E-state index contributed by atoms with van der Waals surface area (Å²) >= 11 is 0. The molecule has 1 saturated heterocycles. The molecule has 1 atom stereocenters. The van der Waals surface area contributed by atoms with E-state index in [0.29, 0.717) is 6.61 Å². The zero-order valence-corrected chi connectivity index (χ0v) is 6.12. The van der Waals surface area contributed by atoms with Crippen LogP contribution >= 0.6 is 0 Å². The molecule has 0 saturated carbocycles. The van der Waals surface area contributed by atoms with Crippen molar-refractivity contribution in [1.29, 1.82) is 0 Å². The second-order valence-electron chi connectivity index (χ2n) is 2.06. The fourth-order valence-electron chi connectivity index (χ4n) is 0.676. The molecule has 1 heterocycles. The van der Waals surface area contributed by atoms with Gasteiger partial charge in [-0.2, -0.15) is 0 Å². The van der Waals surface area contributed by atoms with Gasteiger partial charge in [-0.25, -0.2) is 4.79 Å².